The molecular formula is C16H13N3O4. The second kappa shape index (κ2) is 6.18. The maximum Gasteiger partial charge on any atom is 0.376 e. The standard InChI is InChI=1S/C16H13N3O4/c1-22-15(20)14-12(6-7-23-14)18-16(21)19-13-9-17-8-10-4-2-3-5-11(10)13/h2-9H,1H3,(H2,18,19,21). The molecule has 2 N–H and O–H groups in total. The molecule has 0 unspecified atom stereocenters. The zero-order chi connectivity index (χ0) is 16.2. The third kappa shape index (κ3) is 2.98. The highest BCUT2D eigenvalue weighted by molar-refractivity contribution is 6.07. The number of aromatic nitrogens is 1. The van der Waals surface area contributed by atoms with Gasteiger partial charge in [0.15, 0.2) is 0 Å². The van der Waals surface area contributed by atoms with E-state index in [1.807, 2.05) is 24.3 Å². The van der Waals surface area contributed by atoms with E-state index < -0.39 is 12.0 Å². The minimum atomic E-state index is -0.669. The zero-order valence-electron chi connectivity index (χ0n) is 12.2. The predicted octanol–water partition coefficient (Wildman–Crippen LogP) is 3.26. The summed E-state index contributed by atoms with van der Waals surface area (Å²) in [5.41, 5.74) is 0.784. The number of methoxy groups -OCH3 is 1. The molecule has 0 radical (unpaired) electrons. The molecule has 2 aromatic heterocycles. The molecule has 2 amide bonds. The smallest absolute Gasteiger partial charge is 0.376 e. The molecule has 0 bridgehead atoms. The lowest BCUT2D eigenvalue weighted by Crippen LogP contribution is -2.20. The predicted molar refractivity (Wildman–Crippen MR) is 84.4 cm³/mol. The number of amides is 2. The number of anilines is 2. The molecule has 2 heterocycles. The number of urea groups is 1. The van der Waals surface area contributed by atoms with E-state index in [0.717, 1.165) is 10.8 Å². The second-order valence-corrected chi connectivity index (χ2v) is 4.64. The van der Waals surface area contributed by atoms with Gasteiger partial charge in [0.2, 0.25) is 5.76 Å². The van der Waals surface area contributed by atoms with Crippen molar-refractivity contribution in [2.24, 2.45) is 0 Å². The third-order valence-electron chi connectivity index (χ3n) is 3.20. The molecule has 0 saturated carbocycles. The first-order valence-electron chi connectivity index (χ1n) is 6.75. The Morgan fingerprint density at radius 1 is 1.09 bits per heavy atom. The van der Waals surface area contributed by atoms with Crippen LogP contribution in [-0.4, -0.2) is 24.1 Å². The van der Waals surface area contributed by atoms with Crippen LogP contribution in [0.1, 0.15) is 10.6 Å². The van der Waals surface area contributed by atoms with E-state index in [4.69, 9.17) is 4.42 Å². The highest BCUT2D eigenvalue weighted by Gasteiger charge is 2.18. The molecule has 0 atom stereocenters. The van der Waals surface area contributed by atoms with Crippen LogP contribution in [0.3, 0.4) is 0 Å². The summed E-state index contributed by atoms with van der Waals surface area (Å²) < 4.78 is 9.59. The van der Waals surface area contributed by atoms with Crippen LogP contribution in [0.25, 0.3) is 10.8 Å². The van der Waals surface area contributed by atoms with Gasteiger partial charge in [-0.15, -0.1) is 0 Å². The highest BCUT2D eigenvalue weighted by atomic mass is 16.5. The van der Waals surface area contributed by atoms with E-state index in [1.54, 1.807) is 12.4 Å². The monoisotopic (exact) mass is 311 g/mol. The molecule has 7 heteroatoms. The Kier molecular flexibility index (Phi) is 3.92. The summed E-state index contributed by atoms with van der Waals surface area (Å²) in [7, 11) is 1.23. The molecule has 0 aliphatic carbocycles. The zero-order valence-corrected chi connectivity index (χ0v) is 12.2. The SMILES string of the molecule is COC(=O)c1occc1NC(=O)Nc1cncc2ccccc12. The van der Waals surface area contributed by atoms with Crippen molar-refractivity contribution in [3.05, 3.63) is 54.7 Å². The molecule has 1 aromatic carbocycles. The van der Waals surface area contributed by atoms with E-state index in [2.05, 4.69) is 20.4 Å². The number of carbonyl (C=O) groups excluding carboxylic acids is 2. The van der Waals surface area contributed by atoms with Gasteiger partial charge in [-0.3, -0.25) is 4.98 Å². The summed E-state index contributed by atoms with van der Waals surface area (Å²) in [6, 6.07) is 8.49. The summed E-state index contributed by atoms with van der Waals surface area (Å²) in [5, 5.41) is 7.01. The van der Waals surface area contributed by atoms with Gasteiger partial charge in [0, 0.05) is 23.0 Å². The number of esters is 1. The van der Waals surface area contributed by atoms with Gasteiger partial charge < -0.3 is 19.8 Å². The Bertz CT molecular complexity index is 867. The number of hydrogen-bond acceptors (Lipinski definition) is 5. The minimum absolute atomic E-state index is 0.0707. The average molecular weight is 311 g/mol. The Labute approximate surface area is 131 Å². The Hall–Kier alpha value is -3.35. The number of hydrogen-bond donors (Lipinski definition) is 2. The van der Waals surface area contributed by atoms with Crippen molar-refractivity contribution in [2.75, 3.05) is 17.7 Å². The maximum absolute atomic E-state index is 12.1. The molecular weight excluding hydrogens is 298 g/mol. The highest BCUT2D eigenvalue weighted by Crippen LogP contribution is 2.22. The molecule has 116 valence electrons. The Morgan fingerprint density at radius 2 is 1.87 bits per heavy atom. The summed E-state index contributed by atoms with van der Waals surface area (Å²) in [5.74, 6) is -0.740. The molecule has 7 nitrogen and oxygen atoms in total. The first-order valence-corrected chi connectivity index (χ1v) is 6.75. The van der Waals surface area contributed by atoms with E-state index in [-0.39, 0.29) is 11.4 Å². The maximum atomic E-state index is 12.1. The number of fused-ring (bicyclic) bond motifs is 1. The van der Waals surface area contributed by atoms with Gasteiger partial charge in [0.05, 0.1) is 30.9 Å². The quantitative estimate of drug-likeness (QED) is 0.724. The van der Waals surface area contributed by atoms with E-state index in [0.29, 0.717) is 5.69 Å². The van der Waals surface area contributed by atoms with Crippen LogP contribution >= 0.6 is 0 Å². The number of nitrogens with zero attached hydrogens (tertiary/aromatic N) is 1. The number of carbonyl (C=O) groups is 2. The normalized spacial score (nSPS) is 10.3. The van der Waals surface area contributed by atoms with Gasteiger partial charge in [-0.05, 0) is 0 Å². The molecule has 0 aliphatic rings. The van der Waals surface area contributed by atoms with Crippen molar-refractivity contribution in [2.45, 2.75) is 0 Å². The van der Waals surface area contributed by atoms with Crippen LogP contribution in [0.5, 0.6) is 0 Å². The summed E-state index contributed by atoms with van der Waals surface area (Å²) in [6.07, 6.45) is 4.56. The summed E-state index contributed by atoms with van der Waals surface area (Å²) in [6.45, 7) is 0. The second-order valence-electron chi connectivity index (χ2n) is 4.64. The number of pyridine rings is 1. The van der Waals surface area contributed by atoms with Crippen molar-refractivity contribution in [1.29, 1.82) is 0 Å². The number of rotatable bonds is 3. The van der Waals surface area contributed by atoms with E-state index in [1.165, 1.54) is 19.4 Å². The first kappa shape index (κ1) is 14.6. The van der Waals surface area contributed by atoms with Crippen LogP contribution < -0.4 is 10.6 Å². The molecule has 3 rings (SSSR count). The lowest BCUT2D eigenvalue weighted by atomic mass is 10.1. The van der Waals surface area contributed by atoms with Gasteiger partial charge in [0.1, 0.15) is 0 Å². The van der Waals surface area contributed by atoms with Crippen molar-refractivity contribution >= 4 is 34.1 Å². The fourth-order valence-corrected chi connectivity index (χ4v) is 2.15. The lowest BCUT2D eigenvalue weighted by molar-refractivity contribution is 0.0566. The van der Waals surface area contributed by atoms with Crippen molar-refractivity contribution in [3.8, 4) is 0 Å². The number of benzene rings is 1. The molecule has 0 aliphatic heterocycles. The molecule has 0 fully saturated rings. The van der Waals surface area contributed by atoms with Crippen LogP contribution in [0.2, 0.25) is 0 Å². The van der Waals surface area contributed by atoms with Crippen LogP contribution in [0.15, 0.2) is 53.4 Å². The molecule has 3 aromatic rings. The fourth-order valence-electron chi connectivity index (χ4n) is 2.15. The van der Waals surface area contributed by atoms with Crippen molar-refractivity contribution in [1.82, 2.24) is 4.98 Å². The van der Waals surface area contributed by atoms with Crippen molar-refractivity contribution < 1.29 is 18.7 Å². The van der Waals surface area contributed by atoms with E-state index in [9.17, 15) is 9.59 Å². The van der Waals surface area contributed by atoms with Gasteiger partial charge in [-0.25, -0.2) is 9.59 Å². The topological polar surface area (TPSA) is 93.5 Å². The van der Waals surface area contributed by atoms with Crippen LogP contribution in [0.4, 0.5) is 16.2 Å². The van der Waals surface area contributed by atoms with E-state index >= 15 is 0 Å². The third-order valence-corrected chi connectivity index (χ3v) is 3.20. The number of furan rings is 1. The molecule has 0 spiro atoms. The van der Waals surface area contributed by atoms with Gasteiger partial charge in [-0.1, -0.05) is 24.3 Å². The Balaban J connectivity index is 1.80. The van der Waals surface area contributed by atoms with Gasteiger partial charge >= 0.3 is 12.0 Å². The number of nitrogens with one attached hydrogen (secondary N) is 2. The van der Waals surface area contributed by atoms with Gasteiger partial charge in [-0.2, -0.15) is 0 Å². The van der Waals surface area contributed by atoms with Crippen LogP contribution in [-0.2, 0) is 4.74 Å². The fraction of sp³-hybridized carbons (Fsp3) is 0.0625. The first-order chi connectivity index (χ1) is 11.2. The van der Waals surface area contributed by atoms with Gasteiger partial charge in [0.25, 0.3) is 0 Å². The number of ether oxygens (including phenoxy) is 1. The Morgan fingerprint density at radius 3 is 2.70 bits per heavy atom. The molecule has 23 heavy (non-hydrogen) atoms. The largest absolute Gasteiger partial charge is 0.463 e. The summed E-state index contributed by atoms with van der Waals surface area (Å²) >= 11 is 0. The molecule has 0 saturated heterocycles. The van der Waals surface area contributed by atoms with Crippen LogP contribution in [0, 0.1) is 0 Å². The minimum Gasteiger partial charge on any atom is -0.463 e. The average Bonchev–Trinajstić information content (AvgIpc) is 3.02. The lowest BCUT2D eigenvalue weighted by Gasteiger charge is -2.09. The van der Waals surface area contributed by atoms with Crippen molar-refractivity contribution in [3.63, 3.8) is 0 Å². The summed E-state index contributed by atoms with van der Waals surface area (Å²) in [4.78, 5) is 27.7.